The van der Waals surface area contributed by atoms with Gasteiger partial charge in [-0.15, -0.1) is 6.58 Å². The van der Waals surface area contributed by atoms with Crippen LogP contribution in [0.5, 0.6) is 5.75 Å². The van der Waals surface area contributed by atoms with Gasteiger partial charge in [-0.3, -0.25) is 4.79 Å². The minimum Gasteiger partial charge on any atom is -0.507 e. The van der Waals surface area contributed by atoms with Gasteiger partial charge in [0.25, 0.3) is 0 Å². The predicted molar refractivity (Wildman–Crippen MR) is 97.4 cm³/mol. The highest BCUT2D eigenvalue weighted by Crippen LogP contribution is 2.50. The predicted octanol–water partition coefficient (Wildman–Crippen LogP) is 4.25. The molecule has 1 N–H and O–H groups in total. The Morgan fingerprint density at radius 3 is 2.54 bits per heavy atom. The second-order valence-corrected chi connectivity index (χ2v) is 6.92. The fourth-order valence-corrected chi connectivity index (χ4v) is 3.58. The van der Waals surface area contributed by atoms with Crippen molar-refractivity contribution in [2.24, 2.45) is 0 Å². The zero-order chi connectivity index (χ0) is 17.5. The Hall–Kier alpha value is -2.55. The molecule has 1 amide bonds. The molecule has 0 saturated carbocycles. The molecule has 0 radical (unpaired) electrons. The molecule has 1 aliphatic heterocycles. The van der Waals surface area contributed by atoms with Crippen LogP contribution >= 0.6 is 0 Å². The molecule has 0 spiro atoms. The van der Waals surface area contributed by atoms with E-state index in [4.69, 9.17) is 0 Å². The van der Waals surface area contributed by atoms with Crippen molar-refractivity contribution in [1.82, 2.24) is 0 Å². The van der Waals surface area contributed by atoms with Crippen molar-refractivity contribution in [2.75, 3.05) is 4.90 Å². The Labute approximate surface area is 143 Å². The van der Waals surface area contributed by atoms with Crippen molar-refractivity contribution in [3.8, 4) is 5.75 Å². The molecule has 0 atom stereocenters. The Kier molecular flexibility index (Phi) is 3.96. The van der Waals surface area contributed by atoms with Crippen LogP contribution in [-0.2, 0) is 23.2 Å². The Morgan fingerprint density at radius 2 is 1.92 bits per heavy atom. The van der Waals surface area contributed by atoms with Crippen LogP contribution in [0.3, 0.4) is 0 Å². The Balaban J connectivity index is 2.16. The van der Waals surface area contributed by atoms with E-state index in [2.05, 4.69) is 6.58 Å². The molecule has 0 aliphatic carbocycles. The Morgan fingerprint density at radius 1 is 1.25 bits per heavy atom. The molecule has 3 heteroatoms. The number of allylic oxidation sites excluding steroid dienone is 1. The van der Waals surface area contributed by atoms with Crippen molar-refractivity contribution in [3.05, 3.63) is 71.3 Å². The lowest BCUT2D eigenvalue weighted by molar-refractivity contribution is -0.122. The molecular formula is C21H23NO2. The summed E-state index contributed by atoms with van der Waals surface area (Å²) in [4.78, 5) is 14.9. The number of carbonyl (C=O) groups is 1. The van der Waals surface area contributed by atoms with Crippen molar-refractivity contribution in [1.29, 1.82) is 0 Å². The standard InChI is InChI=1S/C21H23NO2/c1-5-9-16-12-14(2)18-17(19(16)23)21(3,4)20(24)22(18)13-15-10-7-6-8-11-15/h5-8,10-12,23H,1,9,13H2,2-4H3. The number of benzene rings is 2. The number of nitrogens with zero attached hydrogens (tertiary/aromatic N) is 1. The molecule has 3 nitrogen and oxygen atoms in total. The van der Waals surface area contributed by atoms with Crippen LogP contribution in [0, 0.1) is 6.92 Å². The zero-order valence-corrected chi connectivity index (χ0v) is 14.5. The molecule has 124 valence electrons. The fraction of sp³-hybridized carbons (Fsp3) is 0.286. The average molecular weight is 321 g/mol. The molecule has 0 fully saturated rings. The van der Waals surface area contributed by atoms with Gasteiger partial charge in [0.15, 0.2) is 0 Å². The number of carbonyl (C=O) groups excluding carboxylic acids is 1. The van der Waals surface area contributed by atoms with Gasteiger partial charge in [-0.1, -0.05) is 36.4 Å². The maximum Gasteiger partial charge on any atom is 0.237 e. The number of hydrogen-bond acceptors (Lipinski definition) is 2. The molecule has 24 heavy (non-hydrogen) atoms. The number of phenols is 1. The first-order valence-corrected chi connectivity index (χ1v) is 8.20. The van der Waals surface area contributed by atoms with Gasteiger partial charge in [0.05, 0.1) is 17.6 Å². The van der Waals surface area contributed by atoms with E-state index in [1.54, 1.807) is 11.0 Å². The largest absolute Gasteiger partial charge is 0.507 e. The highest BCUT2D eigenvalue weighted by Gasteiger charge is 2.47. The first-order chi connectivity index (χ1) is 11.4. The number of anilines is 1. The smallest absolute Gasteiger partial charge is 0.237 e. The third-order valence-electron chi connectivity index (χ3n) is 4.76. The molecule has 2 aromatic rings. The van der Waals surface area contributed by atoms with E-state index in [1.165, 1.54) is 0 Å². The number of aromatic hydroxyl groups is 1. The van der Waals surface area contributed by atoms with Crippen molar-refractivity contribution in [2.45, 2.75) is 39.2 Å². The van der Waals surface area contributed by atoms with Gasteiger partial charge in [0.2, 0.25) is 5.91 Å². The number of rotatable bonds is 4. The van der Waals surface area contributed by atoms with E-state index in [0.29, 0.717) is 13.0 Å². The van der Waals surface area contributed by atoms with Gasteiger partial charge >= 0.3 is 0 Å². The molecule has 0 bridgehead atoms. The van der Waals surface area contributed by atoms with Crippen molar-refractivity contribution < 1.29 is 9.90 Å². The minimum atomic E-state index is -0.740. The maximum atomic E-state index is 13.1. The summed E-state index contributed by atoms with van der Waals surface area (Å²) in [7, 11) is 0. The molecule has 0 unspecified atom stereocenters. The summed E-state index contributed by atoms with van der Waals surface area (Å²) in [5, 5.41) is 10.8. The number of phenolic OH excluding ortho intramolecular Hbond substituents is 1. The summed E-state index contributed by atoms with van der Waals surface area (Å²) >= 11 is 0. The summed E-state index contributed by atoms with van der Waals surface area (Å²) in [5.74, 6) is 0.250. The minimum absolute atomic E-state index is 0.0236. The van der Waals surface area contributed by atoms with Gasteiger partial charge in [-0.05, 0) is 49.9 Å². The van der Waals surface area contributed by atoms with Gasteiger partial charge in [-0.2, -0.15) is 0 Å². The van der Waals surface area contributed by atoms with E-state index in [-0.39, 0.29) is 11.7 Å². The fourth-order valence-electron chi connectivity index (χ4n) is 3.58. The third kappa shape index (κ3) is 2.41. The van der Waals surface area contributed by atoms with Crippen LogP contribution in [0.2, 0.25) is 0 Å². The van der Waals surface area contributed by atoms with E-state index >= 15 is 0 Å². The molecule has 1 heterocycles. The molecule has 1 aliphatic rings. The van der Waals surface area contributed by atoms with Crippen molar-refractivity contribution in [3.63, 3.8) is 0 Å². The second kappa shape index (κ2) is 5.82. The lowest BCUT2D eigenvalue weighted by atomic mass is 9.83. The third-order valence-corrected chi connectivity index (χ3v) is 4.76. The lowest BCUT2D eigenvalue weighted by Crippen LogP contribution is -2.35. The maximum absolute atomic E-state index is 13.1. The zero-order valence-electron chi connectivity index (χ0n) is 14.5. The van der Waals surface area contributed by atoms with Crippen LogP contribution in [-0.4, -0.2) is 11.0 Å². The van der Waals surface area contributed by atoms with E-state index < -0.39 is 5.41 Å². The van der Waals surface area contributed by atoms with Crippen molar-refractivity contribution >= 4 is 11.6 Å². The van der Waals surface area contributed by atoms with Crippen LogP contribution in [0.25, 0.3) is 0 Å². The van der Waals surface area contributed by atoms with Crippen LogP contribution in [0.4, 0.5) is 5.69 Å². The normalized spacial score (nSPS) is 15.5. The van der Waals surface area contributed by atoms with Crippen LogP contribution < -0.4 is 4.90 Å². The lowest BCUT2D eigenvalue weighted by Gasteiger charge is -2.21. The second-order valence-electron chi connectivity index (χ2n) is 6.92. The molecule has 0 saturated heterocycles. The summed E-state index contributed by atoms with van der Waals surface area (Å²) in [6.45, 7) is 10.0. The number of aryl methyl sites for hydroxylation is 1. The van der Waals surface area contributed by atoms with Crippen LogP contribution in [0.1, 0.15) is 36.1 Å². The molecule has 3 rings (SSSR count). The summed E-state index contributed by atoms with van der Waals surface area (Å²) in [6.07, 6.45) is 2.36. The summed E-state index contributed by atoms with van der Waals surface area (Å²) in [6, 6.07) is 11.9. The van der Waals surface area contributed by atoms with Gasteiger partial charge in [0.1, 0.15) is 5.75 Å². The topological polar surface area (TPSA) is 40.5 Å². The first-order valence-electron chi connectivity index (χ1n) is 8.20. The van der Waals surface area contributed by atoms with E-state index in [1.807, 2.05) is 57.2 Å². The molecular weight excluding hydrogens is 298 g/mol. The summed E-state index contributed by atoms with van der Waals surface area (Å²) in [5.41, 5.74) is 3.75. The van der Waals surface area contributed by atoms with E-state index in [0.717, 1.165) is 27.9 Å². The summed E-state index contributed by atoms with van der Waals surface area (Å²) < 4.78 is 0. The highest BCUT2D eigenvalue weighted by molar-refractivity contribution is 6.09. The quantitative estimate of drug-likeness (QED) is 0.855. The average Bonchev–Trinajstić information content (AvgIpc) is 2.75. The molecule has 2 aromatic carbocycles. The van der Waals surface area contributed by atoms with E-state index in [9.17, 15) is 9.90 Å². The van der Waals surface area contributed by atoms with Gasteiger partial charge < -0.3 is 10.0 Å². The van der Waals surface area contributed by atoms with Crippen LogP contribution in [0.15, 0.2) is 49.1 Å². The SMILES string of the molecule is C=CCc1cc(C)c2c(c1O)C(C)(C)C(=O)N2Cc1ccccc1. The monoisotopic (exact) mass is 321 g/mol. The van der Waals surface area contributed by atoms with Gasteiger partial charge in [-0.25, -0.2) is 0 Å². The highest BCUT2D eigenvalue weighted by atomic mass is 16.3. The number of amides is 1. The molecule has 0 aromatic heterocycles. The first kappa shape index (κ1) is 16.3. The number of fused-ring (bicyclic) bond motifs is 1. The Bertz CT molecular complexity index is 806. The number of hydrogen-bond donors (Lipinski definition) is 1. The van der Waals surface area contributed by atoms with Gasteiger partial charge in [0, 0.05) is 5.56 Å².